The lowest BCUT2D eigenvalue weighted by atomic mass is 9.98. The molecule has 0 saturated carbocycles. The normalized spacial score (nSPS) is 17.5. The smallest absolute Gasteiger partial charge is 0.198 e. The van der Waals surface area contributed by atoms with Gasteiger partial charge in [-0.25, -0.2) is 4.98 Å². The van der Waals surface area contributed by atoms with Crippen molar-refractivity contribution in [1.29, 1.82) is 0 Å². The fourth-order valence-corrected chi connectivity index (χ4v) is 3.10. The number of halogens is 1. The van der Waals surface area contributed by atoms with Crippen molar-refractivity contribution >= 4 is 22.9 Å². The largest absolute Gasteiger partial charge is 0.440 e. The molecule has 0 bridgehead atoms. The van der Waals surface area contributed by atoms with Crippen LogP contribution in [0.4, 0.5) is 0 Å². The molecule has 2 aromatic heterocycles. The Bertz CT molecular complexity index is 502. The van der Waals surface area contributed by atoms with Gasteiger partial charge in [0.15, 0.2) is 11.7 Å². The lowest BCUT2D eigenvalue weighted by molar-refractivity contribution is 0.378. The predicted octanol–water partition coefficient (Wildman–Crippen LogP) is 3.52. The Hall–Kier alpha value is -0.840. The van der Waals surface area contributed by atoms with Crippen molar-refractivity contribution < 1.29 is 4.42 Å². The molecule has 17 heavy (non-hydrogen) atoms. The predicted molar refractivity (Wildman–Crippen MR) is 69.7 cm³/mol. The Balaban J connectivity index is 1.82. The topological polar surface area (TPSA) is 38.1 Å². The molecule has 0 unspecified atom stereocenters. The molecule has 1 aliphatic heterocycles. The number of hydrogen-bond acceptors (Lipinski definition) is 4. The Morgan fingerprint density at radius 2 is 2.18 bits per heavy atom. The summed E-state index contributed by atoms with van der Waals surface area (Å²) in [5.74, 6) is 2.15. The van der Waals surface area contributed by atoms with Crippen molar-refractivity contribution in [3.63, 3.8) is 0 Å². The monoisotopic (exact) mass is 268 g/mol. The molecule has 90 valence electrons. The van der Waals surface area contributed by atoms with Crippen LogP contribution in [0.2, 0.25) is 4.34 Å². The standard InChI is InChI=1S/C12H13ClN2OS/c13-11-2-1-10(17-11)9-7-15-12(16-9)8-3-5-14-6-4-8/h1-2,7-8,14H,3-6H2. The van der Waals surface area contributed by atoms with E-state index in [-0.39, 0.29) is 0 Å². The van der Waals surface area contributed by atoms with E-state index in [0.29, 0.717) is 5.92 Å². The molecule has 1 saturated heterocycles. The number of nitrogens with zero attached hydrogens (tertiary/aromatic N) is 1. The van der Waals surface area contributed by atoms with Gasteiger partial charge in [-0.1, -0.05) is 11.6 Å². The molecule has 0 atom stereocenters. The Labute approximate surface area is 109 Å². The van der Waals surface area contributed by atoms with Gasteiger partial charge >= 0.3 is 0 Å². The number of nitrogens with one attached hydrogen (secondary N) is 1. The van der Waals surface area contributed by atoms with Crippen LogP contribution >= 0.6 is 22.9 Å². The molecule has 1 aliphatic rings. The minimum absolute atomic E-state index is 0.459. The molecule has 2 aromatic rings. The first-order valence-electron chi connectivity index (χ1n) is 5.75. The van der Waals surface area contributed by atoms with E-state index in [9.17, 15) is 0 Å². The minimum atomic E-state index is 0.459. The highest BCUT2D eigenvalue weighted by Gasteiger charge is 2.20. The number of rotatable bonds is 2. The van der Waals surface area contributed by atoms with Crippen LogP contribution in [-0.2, 0) is 0 Å². The third-order valence-corrected chi connectivity index (χ3v) is 4.27. The maximum absolute atomic E-state index is 5.91. The molecule has 0 aliphatic carbocycles. The van der Waals surface area contributed by atoms with Crippen LogP contribution in [0.5, 0.6) is 0 Å². The highest BCUT2D eigenvalue weighted by atomic mass is 35.5. The molecule has 3 nitrogen and oxygen atoms in total. The van der Waals surface area contributed by atoms with Gasteiger partial charge in [0.1, 0.15) is 0 Å². The second-order valence-corrected chi connectivity index (χ2v) is 5.91. The van der Waals surface area contributed by atoms with Crippen molar-refractivity contribution in [2.24, 2.45) is 0 Å². The van der Waals surface area contributed by atoms with Gasteiger partial charge < -0.3 is 9.73 Å². The number of piperidine rings is 1. The molecule has 1 fully saturated rings. The Morgan fingerprint density at radius 1 is 1.35 bits per heavy atom. The molecular weight excluding hydrogens is 256 g/mol. The van der Waals surface area contributed by atoms with E-state index < -0.39 is 0 Å². The van der Waals surface area contributed by atoms with Gasteiger partial charge in [0, 0.05) is 5.92 Å². The lowest BCUT2D eigenvalue weighted by Gasteiger charge is -2.19. The van der Waals surface area contributed by atoms with Crippen LogP contribution in [0.3, 0.4) is 0 Å². The van der Waals surface area contributed by atoms with Crippen LogP contribution in [-0.4, -0.2) is 18.1 Å². The summed E-state index contributed by atoms with van der Waals surface area (Å²) >= 11 is 7.43. The molecule has 1 N–H and O–H groups in total. The van der Waals surface area contributed by atoms with E-state index in [1.165, 1.54) is 11.3 Å². The van der Waals surface area contributed by atoms with Crippen LogP contribution in [0.25, 0.3) is 10.6 Å². The zero-order valence-corrected chi connectivity index (χ0v) is 10.9. The number of aromatic nitrogens is 1. The molecule has 0 radical (unpaired) electrons. The van der Waals surface area contributed by atoms with Crippen LogP contribution in [0.1, 0.15) is 24.7 Å². The summed E-state index contributed by atoms with van der Waals surface area (Å²) in [5.41, 5.74) is 0. The SMILES string of the molecule is Clc1ccc(-c2cnc(C3CCNCC3)o2)s1. The van der Waals surface area contributed by atoms with E-state index in [1.54, 1.807) is 6.20 Å². The zero-order valence-electron chi connectivity index (χ0n) is 9.28. The van der Waals surface area contributed by atoms with Crippen molar-refractivity contribution in [2.75, 3.05) is 13.1 Å². The second-order valence-electron chi connectivity index (χ2n) is 4.19. The third kappa shape index (κ3) is 2.39. The van der Waals surface area contributed by atoms with Crippen molar-refractivity contribution in [1.82, 2.24) is 10.3 Å². The minimum Gasteiger partial charge on any atom is -0.440 e. The van der Waals surface area contributed by atoms with Crippen LogP contribution in [0.15, 0.2) is 22.7 Å². The summed E-state index contributed by atoms with van der Waals surface area (Å²) in [6.07, 6.45) is 4.01. The van der Waals surface area contributed by atoms with Gasteiger partial charge in [0.05, 0.1) is 15.4 Å². The van der Waals surface area contributed by atoms with Crippen LogP contribution < -0.4 is 5.32 Å². The lowest BCUT2D eigenvalue weighted by Crippen LogP contribution is -2.26. The first-order valence-corrected chi connectivity index (χ1v) is 6.94. The number of thiophene rings is 1. The molecule has 3 rings (SSSR count). The van der Waals surface area contributed by atoms with Crippen molar-refractivity contribution in [3.05, 3.63) is 28.6 Å². The summed E-state index contributed by atoms with van der Waals surface area (Å²) in [7, 11) is 0. The molecule has 0 amide bonds. The Kier molecular flexibility index (Phi) is 3.18. The summed E-state index contributed by atoms with van der Waals surface area (Å²) in [4.78, 5) is 5.44. The first-order chi connectivity index (χ1) is 8.33. The molecule has 0 spiro atoms. The molecule has 5 heteroatoms. The summed E-state index contributed by atoms with van der Waals surface area (Å²) < 4.78 is 6.61. The average Bonchev–Trinajstić information content (AvgIpc) is 2.98. The fourth-order valence-electron chi connectivity index (χ4n) is 2.11. The molecule has 0 aromatic carbocycles. The highest BCUT2D eigenvalue weighted by Crippen LogP contribution is 2.33. The van der Waals surface area contributed by atoms with Gasteiger partial charge in [0.25, 0.3) is 0 Å². The van der Waals surface area contributed by atoms with E-state index in [1.807, 2.05) is 12.1 Å². The van der Waals surface area contributed by atoms with Crippen LogP contribution in [0, 0.1) is 0 Å². The van der Waals surface area contributed by atoms with Crippen molar-refractivity contribution in [2.45, 2.75) is 18.8 Å². The van der Waals surface area contributed by atoms with E-state index >= 15 is 0 Å². The fraction of sp³-hybridized carbons (Fsp3) is 0.417. The maximum atomic E-state index is 5.91. The van der Waals surface area contributed by atoms with Gasteiger partial charge in [-0.15, -0.1) is 11.3 Å². The van der Waals surface area contributed by atoms with E-state index in [4.69, 9.17) is 16.0 Å². The summed E-state index contributed by atoms with van der Waals surface area (Å²) in [6, 6.07) is 3.86. The second kappa shape index (κ2) is 4.80. The number of oxazole rings is 1. The molecule has 3 heterocycles. The first kappa shape index (κ1) is 11.3. The average molecular weight is 269 g/mol. The van der Waals surface area contributed by atoms with Gasteiger partial charge in [0.2, 0.25) is 0 Å². The Morgan fingerprint density at radius 3 is 2.88 bits per heavy atom. The quantitative estimate of drug-likeness (QED) is 0.906. The van der Waals surface area contributed by atoms with Crippen molar-refractivity contribution in [3.8, 4) is 10.6 Å². The van der Waals surface area contributed by atoms with E-state index in [2.05, 4.69) is 10.3 Å². The maximum Gasteiger partial charge on any atom is 0.198 e. The highest BCUT2D eigenvalue weighted by molar-refractivity contribution is 7.19. The number of hydrogen-bond donors (Lipinski definition) is 1. The summed E-state index contributed by atoms with van der Waals surface area (Å²) in [5, 5.41) is 3.34. The van der Waals surface area contributed by atoms with Gasteiger partial charge in [-0.05, 0) is 38.1 Å². The zero-order chi connectivity index (χ0) is 11.7. The molecular formula is C12H13ClN2OS. The van der Waals surface area contributed by atoms with Gasteiger partial charge in [-0.3, -0.25) is 0 Å². The summed E-state index contributed by atoms with van der Waals surface area (Å²) in [6.45, 7) is 2.10. The van der Waals surface area contributed by atoms with Gasteiger partial charge in [-0.2, -0.15) is 0 Å². The third-order valence-electron chi connectivity index (χ3n) is 3.03. The van der Waals surface area contributed by atoms with E-state index in [0.717, 1.165) is 46.8 Å².